The van der Waals surface area contributed by atoms with Crippen LogP contribution in [0.15, 0.2) is 54.6 Å². The maximum Gasteiger partial charge on any atom is 0.263 e. The lowest BCUT2D eigenvalue weighted by molar-refractivity contribution is -0.139. The summed E-state index contributed by atoms with van der Waals surface area (Å²) in [5.41, 5.74) is 1.38. The molecule has 1 unspecified atom stereocenters. The van der Waals surface area contributed by atoms with Gasteiger partial charge in [-0.3, -0.25) is 4.79 Å². The Morgan fingerprint density at radius 2 is 1.65 bits per heavy atom. The van der Waals surface area contributed by atoms with Gasteiger partial charge in [0.05, 0.1) is 7.11 Å². The lowest BCUT2D eigenvalue weighted by atomic mass is 9.90. The third kappa shape index (κ3) is 4.78. The zero-order valence-electron chi connectivity index (χ0n) is 15.6. The number of carbonyl (C=O) groups excluding carboxylic acids is 1. The van der Waals surface area contributed by atoms with Gasteiger partial charge in [-0.1, -0.05) is 30.3 Å². The Balaban J connectivity index is 1.47. The Hall–Kier alpha value is -2.49. The fourth-order valence-corrected chi connectivity index (χ4v) is 3.47. The van der Waals surface area contributed by atoms with E-state index in [1.165, 1.54) is 5.56 Å². The van der Waals surface area contributed by atoms with Crippen molar-refractivity contribution in [1.29, 1.82) is 0 Å². The third-order valence-corrected chi connectivity index (χ3v) is 5.01. The van der Waals surface area contributed by atoms with Crippen LogP contribution in [0.1, 0.15) is 25.3 Å². The molecule has 26 heavy (non-hydrogen) atoms. The Morgan fingerprint density at radius 3 is 2.27 bits per heavy atom. The highest BCUT2D eigenvalue weighted by atomic mass is 16.5. The number of benzene rings is 2. The summed E-state index contributed by atoms with van der Waals surface area (Å²) in [6, 6.07) is 17.9. The molecule has 1 amide bonds. The molecule has 0 aliphatic carbocycles. The molecule has 1 heterocycles. The Kier molecular flexibility index (Phi) is 6.16. The van der Waals surface area contributed by atoms with Gasteiger partial charge in [0.1, 0.15) is 11.5 Å². The van der Waals surface area contributed by atoms with Crippen LogP contribution in [-0.4, -0.2) is 37.1 Å². The molecule has 1 atom stereocenters. The molecule has 0 spiro atoms. The summed E-state index contributed by atoms with van der Waals surface area (Å²) in [7, 11) is 1.63. The van der Waals surface area contributed by atoms with E-state index in [1.54, 1.807) is 7.11 Å². The number of piperidine rings is 1. The maximum atomic E-state index is 12.7. The Morgan fingerprint density at radius 1 is 1.04 bits per heavy atom. The SMILES string of the molecule is COc1ccc(OC(C)C(=O)N2CCC(Cc3ccccc3)CC2)cc1. The molecule has 0 aromatic heterocycles. The van der Waals surface area contributed by atoms with Crippen molar-refractivity contribution in [3.8, 4) is 11.5 Å². The molecule has 1 aliphatic rings. The van der Waals surface area contributed by atoms with Gasteiger partial charge in [0.15, 0.2) is 6.10 Å². The zero-order valence-corrected chi connectivity index (χ0v) is 15.6. The summed E-state index contributed by atoms with van der Waals surface area (Å²) < 4.78 is 10.9. The second-order valence-corrected chi connectivity index (χ2v) is 6.89. The van der Waals surface area contributed by atoms with Gasteiger partial charge in [-0.05, 0) is 61.9 Å². The van der Waals surface area contributed by atoms with Crippen LogP contribution >= 0.6 is 0 Å². The smallest absolute Gasteiger partial charge is 0.263 e. The fourth-order valence-electron chi connectivity index (χ4n) is 3.47. The van der Waals surface area contributed by atoms with E-state index in [0.29, 0.717) is 11.7 Å². The van der Waals surface area contributed by atoms with Crippen molar-refractivity contribution < 1.29 is 14.3 Å². The van der Waals surface area contributed by atoms with E-state index >= 15 is 0 Å². The van der Waals surface area contributed by atoms with Crippen molar-refractivity contribution in [2.75, 3.05) is 20.2 Å². The van der Waals surface area contributed by atoms with Crippen molar-refractivity contribution in [2.45, 2.75) is 32.3 Å². The van der Waals surface area contributed by atoms with Crippen LogP contribution in [0.5, 0.6) is 11.5 Å². The average molecular weight is 353 g/mol. The molecule has 1 saturated heterocycles. The van der Waals surface area contributed by atoms with Gasteiger partial charge in [0.25, 0.3) is 5.91 Å². The first-order valence-electron chi connectivity index (χ1n) is 9.29. The normalized spacial score (nSPS) is 16.2. The van der Waals surface area contributed by atoms with E-state index in [2.05, 4.69) is 30.3 Å². The fraction of sp³-hybridized carbons (Fsp3) is 0.409. The summed E-state index contributed by atoms with van der Waals surface area (Å²) in [6.07, 6.45) is 2.72. The van der Waals surface area contributed by atoms with E-state index < -0.39 is 6.10 Å². The number of carbonyl (C=O) groups is 1. The van der Waals surface area contributed by atoms with E-state index in [4.69, 9.17) is 9.47 Å². The molecule has 2 aromatic rings. The molecule has 4 heteroatoms. The molecule has 0 N–H and O–H groups in total. The summed E-state index contributed by atoms with van der Waals surface area (Å²) in [5, 5.41) is 0. The maximum absolute atomic E-state index is 12.7. The standard InChI is InChI=1S/C22H27NO3/c1-17(26-21-10-8-20(25-2)9-11-21)22(24)23-14-12-19(13-15-23)16-18-6-4-3-5-7-18/h3-11,17,19H,12-16H2,1-2H3. The van der Waals surface area contributed by atoms with Gasteiger partial charge in [-0.15, -0.1) is 0 Å². The molecular formula is C22H27NO3. The molecule has 1 fully saturated rings. The summed E-state index contributed by atoms with van der Waals surface area (Å²) in [4.78, 5) is 14.6. The number of hydrogen-bond donors (Lipinski definition) is 0. The lowest BCUT2D eigenvalue weighted by Crippen LogP contribution is -2.45. The van der Waals surface area contributed by atoms with E-state index in [1.807, 2.05) is 36.1 Å². The second-order valence-electron chi connectivity index (χ2n) is 6.89. The minimum Gasteiger partial charge on any atom is -0.497 e. The number of methoxy groups -OCH3 is 1. The molecule has 1 aliphatic heterocycles. The summed E-state index contributed by atoms with van der Waals surface area (Å²) in [6.45, 7) is 3.45. The zero-order chi connectivity index (χ0) is 18.4. The first kappa shape index (κ1) is 18.3. The first-order valence-corrected chi connectivity index (χ1v) is 9.29. The van der Waals surface area contributed by atoms with Crippen LogP contribution < -0.4 is 9.47 Å². The summed E-state index contributed by atoms with van der Waals surface area (Å²) >= 11 is 0. The monoisotopic (exact) mass is 353 g/mol. The van der Waals surface area contributed by atoms with Crippen LogP contribution in [0.2, 0.25) is 0 Å². The van der Waals surface area contributed by atoms with Gasteiger partial charge in [-0.2, -0.15) is 0 Å². The highest BCUT2D eigenvalue weighted by molar-refractivity contribution is 5.81. The predicted molar refractivity (Wildman–Crippen MR) is 103 cm³/mol. The lowest BCUT2D eigenvalue weighted by Gasteiger charge is -2.33. The number of likely N-dealkylation sites (tertiary alicyclic amines) is 1. The van der Waals surface area contributed by atoms with E-state index in [-0.39, 0.29) is 5.91 Å². The quantitative estimate of drug-likeness (QED) is 0.789. The van der Waals surface area contributed by atoms with Crippen molar-refractivity contribution in [3.63, 3.8) is 0 Å². The van der Waals surface area contributed by atoms with Gasteiger partial charge >= 0.3 is 0 Å². The van der Waals surface area contributed by atoms with Gasteiger partial charge in [-0.25, -0.2) is 0 Å². The second kappa shape index (κ2) is 8.75. The molecule has 0 bridgehead atoms. The van der Waals surface area contributed by atoms with Crippen molar-refractivity contribution in [2.24, 2.45) is 5.92 Å². The number of nitrogens with zero attached hydrogens (tertiary/aromatic N) is 1. The number of amides is 1. The first-order chi connectivity index (χ1) is 12.7. The molecule has 4 nitrogen and oxygen atoms in total. The van der Waals surface area contributed by atoms with Crippen LogP contribution in [0.4, 0.5) is 0 Å². The van der Waals surface area contributed by atoms with E-state index in [9.17, 15) is 4.79 Å². The largest absolute Gasteiger partial charge is 0.497 e. The number of ether oxygens (including phenoxy) is 2. The summed E-state index contributed by atoms with van der Waals surface area (Å²) in [5.74, 6) is 2.18. The average Bonchev–Trinajstić information content (AvgIpc) is 2.69. The predicted octanol–water partition coefficient (Wildman–Crippen LogP) is 3.94. The Labute approximate surface area is 155 Å². The van der Waals surface area contributed by atoms with Crippen LogP contribution in [0, 0.1) is 5.92 Å². The van der Waals surface area contributed by atoms with Crippen LogP contribution in [0.3, 0.4) is 0 Å². The topological polar surface area (TPSA) is 38.8 Å². The van der Waals surface area contributed by atoms with Crippen molar-refractivity contribution in [1.82, 2.24) is 4.90 Å². The minimum absolute atomic E-state index is 0.0685. The number of rotatable bonds is 6. The molecule has 0 saturated carbocycles. The van der Waals surface area contributed by atoms with Crippen LogP contribution in [0.25, 0.3) is 0 Å². The van der Waals surface area contributed by atoms with Crippen molar-refractivity contribution in [3.05, 3.63) is 60.2 Å². The highest BCUT2D eigenvalue weighted by Crippen LogP contribution is 2.23. The van der Waals surface area contributed by atoms with Crippen LogP contribution in [-0.2, 0) is 11.2 Å². The van der Waals surface area contributed by atoms with Gasteiger partial charge in [0.2, 0.25) is 0 Å². The Bertz CT molecular complexity index is 691. The molecule has 0 radical (unpaired) electrons. The molecular weight excluding hydrogens is 326 g/mol. The molecule has 138 valence electrons. The number of hydrogen-bond acceptors (Lipinski definition) is 3. The molecule has 2 aromatic carbocycles. The highest BCUT2D eigenvalue weighted by Gasteiger charge is 2.27. The third-order valence-electron chi connectivity index (χ3n) is 5.01. The van der Waals surface area contributed by atoms with Gasteiger partial charge < -0.3 is 14.4 Å². The van der Waals surface area contributed by atoms with Crippen molar-refractivity contribution >= 4 is 5.91 Å². The minimum atomic E-state index is -0.478. The molecule has 3 rings (SSSR count). The van der Waals surface area contributed by atoms with Gasteiger partial charge in [0, 0.05) is 13.1 Å². The van der Waals surface area contributed by atoms with E-state index in [0.717, 1.165) is 38.1 Å².